The number of alkyl halides is 2. The smallest absolute Gasteiger partial charge is 0.297 e. The Morgan fingerprint density at radius 3 is 2.55 bits per heavy atom. The van der Waals surface area contributed by atoms with Gasteiger partial charge >= 0.3 is 0 Å². The molecular formula is C15H8BrF3N2O. The summed E-state index contributed by atoms with van der Waals surface area (Å²) in [5.74, 6) is -1.50. The van der Waals surface area contributed by atoms with Crippen molar-refractivity contribution in [1.82, 2.24) is 9.97 Å². The summed E-state index contributed by atoms with van der Waals surface area (Å²) in [4.78, 5) is 7.47. The Bertz CT molecular complexity index is 842. The van der Waals surface area contributed by atoms with E-state index in [2.05, 4.69) is 25.9 Å². The Balaban J connectivity index is 2.12. The van der Waals surface area contributed by atoms with Gasteiger partial charge in [0.2, 0.25) is 5.88 Å². The van der Waals surface area contributed by atoms with Gasteiger partial charge in [0.25, 0.3) is 6.43 Å². The molecule has 3 rings (SSSR count). The van der Waals surface area contributed by atoms with Crippen molar-refractivity contribution in [3.8, 4) is 11.6 Å². The molecule has 2 aromatic carbocycles. The van der Waals surface area contributed by atoms with Crippen LogP contribution in [0.15, 0.2) is 46.9 Å². The maximum atomic E-state index is 13.8. The Hall–Kier alpha value is -2.15. The predicted molar refractivity (Wildman–Crippen MR) is 78.7 cm³/mol. The highest BCUT2D eigenvalue weighted by Crippen LogP contribution is 2.31. The first-order chi connectivity index (χ1) is 10.5. The molecule has 3 nitrogen and oxygen atoms in total. The standard InChI is InChI=1S/C15H8BrF3N2O/c16-8-5-6-12(10(17)7-8)22-15-9-3-1-2-4-11(9)20-14(21-15)13(18)19/h1-7,13H. The maximum Gasteiger partial charge on any atom is 0.297 e. The number of rotatable bonds is 3. The van der Waals surface area contributed by atoms with E-state index in [-0.39, 0.29) is 11.6 Å². The van der Waals surface area contributed by atoms with Crippen LogP contribution in [-0.2, 0) is 0 Å². The lowest BCUT2D eigenvalue weighted by Gasteiger charge is -2.10. The van der Waals surface area contributed by atoms with Gasteiger partial charge in [-0.3, -0.25) is 0 Å². The molecule has 0 radical (unpaired) electrons. The van der Waals surface area contributed by atoms with E-state index in [0.29, 0.717) is 15.4 Å². The van der Waals surface area contributed by atoms with E-state index in [1.807, 2.05) is 0 Å². The van der Waals surface area contributed by atoms with Gasteiger partial charge in [-0.05, 0) is 30.3 Å². The molecule has 0 unspecified atom stereocenters. The van der Waals surface area contributed by atoms with E-state index in [1.165, 1.54) is 12.1 Å². The molecule has 0 saturated carbocycles. The summed E-state index contributed by atoms with van der Waals surface area (Å²) < 4.78 is 45.5. The molecule has 7 heteroatoms. The average Bonchev–Trinajstić information content (AvgIpc) is 2.49. The van der Waals surface area contributed by atoms with Crippen molar-refractivity contribution in [3.63, 3.8) is 0 Å². The highest BCUT2D eigenvalue weighted by Gasteiger charge is 2.17. The van der Waals surface area contributed by atoms with Crippen LogP contribution in [-0.4, -0.2) is 9.97 Å². The summed E-state index contributed by atoms with van der Waals surface area (Å²) in [6, 6.07) is 10.7. The van der Waals surface area contributed by atoms with Gasteiger partial charge in [-0.1, -0.05) is 28.1 Å². The molecule has 0 N–H and O–H groups in total. The quantitative estimate of drug-likeness (QED) is 0.632. The normalized spacial score (nSPS) is 11.1. The fourth-order valence-electron chi connectivity index (χ4n) is 1.90. The Labute approximate surface area is 131 Å². The molecule has 0 spiro atoms. The van der Waals surface area contributed by atoms with Crippen LogP contribution < -0.4 is 4.74 Å². The van der Waals surface area contributed by atoms with Gasteiger partial charge in [-0.2, -0.15) is 4.98 Å². The molecule has 0 aliphatic rings. The number of benzene rings is 2. The number of ether oxygens (including phenoxy) is 1. The van der Waals surface area contributed by atoms with Crippen LogP contribution in [0.1, 0.15) is 12.2 Å². The van der Waals surface area contributed by atoms with Crippen LogP contribution in [0.3, 0.4) is 0 Å². The first-order valence-electron chi connectivity index (χ1n) is 6.22. The number of hydrogen-bond donors (Lipinski definition) is 0. The molecular weight excluding hydrogens is 361 g/mol. The number of nitrogens with zero attached hydrogens (tertiary/aromatic N) is 2. The summed E-state index contributed by atoms with van der Waals surface area (Å²) in [7, 11) is 0. The highest BCUT2D eigenvalue weighted by molar-refractivity contribution is 9.10. The molecule has 0 atom stereocenters. The van der Waals surface area contributed by atoms with Crippen molar-refractivity contribution >= 4 is 26.8 Å². The largest absolute Gasteiger partial charge is 0.435 e. The second kappa shape index (κ2) is 5.92. The molecule has 1 aromatic heterocycles. The first-order valence-corrected chi connectivity index (χ1v) is 7.01. The number of hydrogen-bond acceptors (Lipinski definition) is 3. The van der Waals surface area contributed by atoms with Gasteiger partial charge in [0.05, 0.1) is 10.9 Å². The summed E-state index contributed by atoms with van der Waals surface area (Å²) in [5, 5.41) is 0.425. The van der Waals surface area contributed by atoms with E-state index >= 15 is 0 Å². The van der Waals surface area contributed by atoms with Crippen molar-refractivity contribution in [2.45, 2.75) is 6.43 Å². The number of fused-ring (bicyclic) bond motifs is 1. The fourth-order valence-corrected chi connectivity index (χ4v) is 2.24. The van der Waals surface area contributed by atoms with Crippen LogP contribution in [0.4, 0.5) is 13.2 Å². The first kappa shape index (κ1) is 14.8. The third-order valence-electron chi connectivity index (χ3n) is 2.88. The SMILES string of the molecule is Fc1cc(Br)ccc1Oc1nc(C(F)F)nc2ccccc12. The van der Waals surface area contributed by atoms with E-state index in [4.69, 9.17) is 4.74 Å². The lowest BCUT2D eigenvalue weighted by Crippen LogP contribution is -2.00. The molecule has 1 heterocycles. The molecule has 0 saturated heterocycles. The zero-order valence-corrected chi connectivity index (χ0v) is 12.5. The minimum Gasteiger partial charge on any atom is -0.435 e. The number of halogens is 4. The topological polar surface area (TPSA) is 35.0 Å². The van der Waals surface area contributed by atoms with Crippen molar-refractivity contribution in [3.05, 3.63) is 58.6 Å². The summed E-state index contributed by atoms with van der Waals surface area (Å²) in [6.45, 7) is 0. The third kappa shape index (κ3) is 2.89. The third-order valence-corrected chi connectivity index (χ3v) is 3.37. The van der Waals surface area contributed by atoms with Gasteiger partial charge in [0.15, 0.2) is 17.4 Å². The Morgan fingerprint density at radius 1 is 1.05 bits per heavy atom. The Morgan fingerprint density at radius 2 is 1.82 bits per heavy atom. The zero-order valence-electron chi connectivity index (χ0n) is 10.9. The summed E-state index contributed by atoms with van der Waals surface area (Å²) >= 11 is 3.13. The number of aromatic nitrogens is 2. The molecule has 0 aliphatic heterocycles. The summed E-state index contributed by atoms with van der Waals surface area (Å²) in [6.07, 6.45) is -2.85. The highest BCUT2D eigenvalue weighted by atomic mass is 79.9. The minimum atomic E-state index is -2.85. The fraction of sp³-hybridized carbons (Fsp3) is 0.0667. The van der Waals surface area contributed by atoms with Gasteiger partial charge < -0.3 is 4.74 Å². The summed E-state index contributed by atoms with van der Waals surface area (Å²) in [5.41, 5.74) is 0.306. The second-order valence-corrected chi connectivity index (χ2v) is 5.30. The van der Waals surface area contributed by atoms with Crippen LogP contribution in [0.5, 0.6) is 11.6 Å². The number of para-hydroxylation sites is 1. The second-order valence-electron chi connectivity index (χ2n) is 4.38. The molecule has 3 aromatic rings. The molecule has 112 valence electrons. The van der Waals surface area contributed by atoms with Gasteiger partial charge in [0, 0.05) is 4.47 Å². The minimum absolute atomic E-state index is 0.104. The van der Waals surface area contributed by atoms with Crippen molar-refractivity contribution < 1.29 is 17.9 Å². The predicted octanol–water partition coefficient (Wildman–Crippen LogP) is 5.26. The van der Waals surface area contributed by atoms with E-state index in [1.54, 1.807) is 30.3 Å². The van der Waals surface area contributed by atoms with Crippen LogP contribution in [0.2, 0.25) is 0 Å². The van der Waals surface area contributed by atoms with Gasteiger partial charge in [-0.25, -0.2) is 18.2 Å². The van der Waals surface area contributed by atoms with Crippen molar-refractivity contribution in [2.24, 2.45) is 0 Å². The van der Waals surface area contributed by atoms with E-state index in [0.717, 1.165) is 0 Å². The van der Waals surface area contributed by atoms with E-state index < -0.39 is 18.1 Å². The van der Waals surface area contributed by atoms with Crippen LogP contribution in [0, 0.1) is 5.82 Å². The lowest BCUT2D eigenvalue weighted by molar-refractivity contribution is 0.140. The molecule has 22 heavy (non-hydrogen) atoms. The molecule has 0 bridgehead atoms. The van der Waals surface area contributed by atoms with E-state index in [9.17, 15) is 13.2 Å². The average molecular weight is 369 g/mol. The molecule has 0 amide bonds. The maximum absolute atomic E-state index is 13.8. The zero-order chi connectivity index (χ0) is 15.7. The monoisotopic (exact) mass is 368 g/mol. The van der Waals surface area contributed by atoms with Crippen molar-refractivity contribution in [2.75, 3.05) is 0 Å². The lowest BCUT2D eigenvalue weighted by atomic mass is 10.2. The molecule has 0 aliphatic carbocycles. The van der Waals surface area contributed by atoms with Crippen LogP contribution in [0.25, 0.3) is 10.9 Å². The van der Waals surface area contributed by atoms with Gasteiger partial charge in [-0.15, -0.1) is 0 Å². The Kier molecular flexibility index (Phi) is 3.98. The van der Waals surface area contributed by atoms with Crippen LogP contribution >= 0.6 is 15.9 Å². The van der Waals surface area contributed by atoms with Crippen molar-refractivity contribution in [1.29, 1.82) is 0 Å². The molecule has 0 fully saturated rings. The van der Waals surface area contributed by atoms with Gasteiger partial charge in [0.1, 0.15) is 0 Å².